The Morgan fingerprint density at radius 1 is 1.00 bits per heavy atom. The predicted octanol–water partition coefficient (Wildman–Crippen LogP) is 4.21. The first kappa shape index (κ1) is 19.6. The number of carbonyl (C=O) groups is 1. The van der Waals surface area contributed by atoms with Crippen LogP contribution in [0.1, 0.15) is 43.9 Å². The van der Waals surface area contributed by atoms with Crippen LogP contribution in [0.5, 0.6) is 0 Å². The zero-order valence-electron chi connectivity index (χ0n) is 16.4. The van der Waals surface area contributed by atoms with Gasteiger partial charge in [-0.1, -0.05) is 56.3 Å². The fourth-order valence-corrected chi connectivity index (χ4v) is 3.70. The van der Waals surface area contributed by atoms with Gasteiger partial charge in [-0.25, -0.2) is 0 Å². The third-order valence-corrected chi connectivity index (χ3v) is 5.15. The first-order valence-electron chi connectivity index (χ1n) is 10.0. The summed E-state index contributed by atoms with van der Waals surface area (Å²) in [6, 6.07) is 18.7. The van der Waals surface area contributed by atoms with Crippen molar-refractivity contribution in [1.29, 1.82) is 0 Å². The summed E-state index contributed by atoms with van der Waals surface area (Å²) in [6.07, 6.45) is 2.61. The van der Waals surface area contributed by atoms with E-state index in [1.165, 1.54) is 37.1 Å². The zero-order chi connectivity index (χ0) is 19.1. The van der Waals surface area contributed by atoms with Gasteiger partial charge in [0.05, 0.1) is 6.54 Å². The summed E-state index contributed by atoms with van der Waals surface area (Å²) in [5.74, 6) is 0.397. The van der Waals surface area contributed by atoms with Gasteiger partial charge in [0.2, 0.25) is 5.91 Å². The Hall–Kier alpha value is -2.17. The molecule has 3 rings (SSSR count). The lowest BCUT2D eigenvalue weighted by molar-refractivity contribution is -0.115. The molecule has 0 unspecified atom stereocenters. The molecule has 1 aliphatic rings. The Morgan fingerprint density at radius 2 is 1.67 bits per heavy atom. The third-order valence-electron chi connectivity index (χ3n) is 5.15. The Balaban J connectivity index is 1.49. The number of nitrogens with one attached hydrogen (secondary N) is 2. The van der Waals surface area contributed by atoms with Crippen LogP contribution in [0.15, 0.2) is 54.6 Å². The highest BCUT2D eigenvalue weighted by Gasteiger charge is 2.16. The Morgan fingerprint density at radius 3 is 2.30 bits per heavy atom. The van der Waals surface area contributed by atoms with Crippen molar-refractivity contribution in [2.75, 3.05) is 25.0 Å². The highest BCUT2D eigenvalue weighted by Crippen LogP contribution is 2.21. The molecular formula is C23H31N3O. The van der Waals surface area contributed by atoms with Gasteiger partial charge >= 0.3 is 0 Å². The van der Waals surface area contributed by atoms with Crippen molar-refractivity contribution in [3.05, 3.63) is 65.7 Å². The molecule has 2 N–H and O–H groups in total. The molecule has 2 aromatic rings. The van der Waals surface area contributed by atoms with Gasteiger partial charge < -0.3 is 10.6 Å². The fraction of sp³-hybridized carbons (Fsp3) is 0.435. The van der Waals surface area contributed by atoms with Gasteiger partial charge in [-0.15, -0.1) is 0 Å². The number of hydrogen-bond donors (Lipinski definition) is 2. The van der Waals surface area contributed by atoms with E-state index in [1.807, 2.05) is 30.3 Å². The van der Waals surface area contributed by atoms with Gasteiger partial charge in [0, 0.05) is 18.3 Å². The lowest BCUT2D eigenvalue weighted by Gasteiger charge is -2.22. The molecule has 0 radical (unpaired) electrons. The summed E-state index contributed by atoms with van der Waals surface area (Å²) in [4.78, 5) is 14.8. The number of benzene rings is 2. The highest BCUT2D eigenvalue weighted by molar-refractivity contribution is 5.92. The van der Waals surface area contributed by atoms with Crippen molar-refractivity contribution in [3.8, 4) is 0 Å². The highest BCUT2D eigenvalue weighted by atomic mass is 16.1. The Labute approximate surface area is 163 Å². The van der Waals surface area contributed by atoms with Gasteiger partial charge in [-0.05, 0) is 55.1 Å². The second kappa shape index (κ2) is 9.67. The monoisotopic (exact) mass is 365 g/mol. The van der Waals surface area contributed by atoms with E-state index >= 15 is 0 Å². The van der Waals surface area contributed by atoms with E-state index in [2.05, 4.69) is 53.6 Å². The average molecular weight is 366 g/mol. The number of carbonyl (C=O) groups excluding carboxylic acids is 1. The van der Waals surface area contributed by atoms with Crippen LogP contribution in [-0.4, -0.2) is 30.4 Å². The maximum absolute atomic E-state index is 12.4. The Bertz CT molecular complexity index is 706. The molecule has 1 fully saturated rings. The molecule has 4 nitrogen and oxygen atoms in total. The minimum absolute atomic E-state index is 0.0103. The summed E-state index contributed by atoms with van der Waals surface area (Å²) in [6.45, 7) is 8.03. The van der Waals surface area contributed by atoms with Crippen LogP contribution >= 0.6 is 0 Å². The second-order valence-corrected chi connectivity index (χ2v) is 7.74. The maximum Gasteiger partial charge on any atom is 0.238 e. The SMILES string of the molecule is CC(C)[C@H](NCC(=O)Nc1ccc(CN2CCCC2)cc1)c1ccccc1. The van der Waals surface area contributed by atoms with Crippen molar-refractivity contribution >= 4 is 11.6 Å². The van der Waals surface area contributed by atoms with Crippen molar-refractivity contribution < 1.29 is 4.79 Å². The molecule has 144 valence electrons. The van der Waals surface area contributed by atoms with E-state index in [-0.39, 0.29) is 11.9 Å². The van der Waals surface area contributed by atoms with Crippen molar-refractivity contribution in [1.82, 2.24) is 10.2 Å². The first-order chi connectivity index (χ1) is 13.1. The molecular weight excluding hydrogens is 334 g/mol. The second-order valence-electron chi connectivity index (χ2n) is 7.74. The molecule has 1 amide bonds. The molecule has 0 aliphatic carbocycles. The molecule has 0 spiro atoms. The van der Waals surface area contributed by atoms with Crippen molar-refractivity contribution in [2.45, 2.75) is 39.3 Å². The van der Waals surface area contributed by atoms with Crippen LogP contribution in [0.25, 0.3) is 0 Å². The molecule has 2 aromatic carbocycles. The van der Waals surface area contributed by atoms with E-state index in [4.69, 9.17) is 0 Å². The van der Waals surface area contributed by atoms with Crippen LogP contribution in [-0.2, 0) is 11.3 Å². The van der Waals surface area contributed by atoms with Gasteiger partial charge in [-0.3, -0.25) is 9.69 Å². The van der Waals surface area contributed by atoms with E-state index in [9.17, 15) is 4.79 Å². The van der Waals surface area contributed by atoms with Crippen molar-refractivity contribution in [3.63, 3.8) is 0 Å². The average Bonchev–Trinajstić information content (AvgIpc) is 3.17. The van der Waals surface area contributed by atoms with E-state index in [0.29, 0.717) is 12.5 Å². The summed E-state index contributed by atoms with van der Waals surface area (Å²) in [5.41, 5.74) is 3.37. The molecule has 4 heteroatoms. The summed E-state index contributed by atoms with van der Waals surface area (Å²) in [5, 5.41) is 6.39. The van der Waals surface area contributed by atoms with Crippen LogP contribution in [0, 0.1) is 5.92 Å². The molecule has 1 heterocycles. The minimum Gasteiger partial charge on any atom is -0.325 e. The summed E-state index contributed by atoms with van der Waals surface area (Å²) in [7, 11) is 0. The largest absolute Gasteiger partial charge is 0.325 e. The van der Waals surface area contributed by atoms with Gasteiger partial charge in [0.1, 0.15) is 0 Å². The molecule has 27 heavy (non-hydrogen) atoms. The van der Waals surface area contributed by atoms with E-state index in [1.54, 1.807) is 0 Å². The number of amides is 1. The molecule has 0 aromatic heterocycles. The van der Waals surface area contributed by atoms with Gasteiger partial charge in [-0.2, -0.15) is 0 Å². The minimum atomic E-state index is -0.0103. The number of anilines is 1. The number of nitrogens with zero attached hydrogens (tertiary/aromatic N) is 1. The molecule has 1 saturated heterocycles. The van der Waals surface area contributed by atoms with Gasteiger partial charge in [0.25, 0.3) is 0 Å². The Kier molecular flexibility index (Phi) is 7.02. The smallest absolute Gasteiger partial charge is 0.238 e. The molecule has 0 saturated carbocycles. The van der Waals surface area contributed by atoms with E-state index < -0.39 is 0 Å². The number of hydrogen-bond acceptors (Lipinski definition) is 3. The predicted molar refractivity (Wildman–Crippen MR) is 112 cm³/mol. The van der Waals surface area contributed by atoms with Crippen LogP contribution in [0.2, 0.25) is 0 Å². The summed E-state index contributed by atoms with van der Waals surface area (Å²) < 4.78 is 0. The summed E-state index contributed by atoms with van der Waals surface area (Å²) >= 11 is 0. The van der Waals surface area contributed by atoms with Crippen LogP contribution < -0.4 is 10.6 Å². The quantitative estimate of drug-likeness (QED) is 0.737. The fourth-order valence-electron chi connectivity index (χ4n) is 3.70. The third kappa shape index (κ3) is 5.91. The number of likely N-dealkylation sites (tertiary alicyclic amines) is 1. The standard InChI is InChI=1S/C23H31N3O/c1-18(2)23(20-8-4-3-5-9-20)24-16-22(27)25-21-12-10-19(11-13-21)17-26-14-6-7-15-26/h3-5,8-13,18,23-24H,6-7,14-17H2,1-2H3,(H,25,27)/t23-/m0/s1. The normalized spacial score (nSPS) is 15.8. The maximum atomic E-state index is 12.4. The topological polar surface area (TPSA) is 44.4 Å². The first-order valence-corrected chi connectivity index (χ1v) is 10.0. The molecule has 1 aliphatic heterocycles. The number of rotatable bonds is 8. The van der Waals surface area contributed by atoms with E-state index in [0.717, 1.165) is 12.2 Å². The van der Waals surface area contributed by atoms with Crippen LogP contribution in [0.3, 0.4) is 0 Å². The van der Waals surface area contributed by atoms with Gasteiger partial charge in [0.15, 0.2) is 0 Å². The lowest BCUT2D eigenvalue weighted by atomic mass is 9.96. The van der Waals surface area contributed by atoms with Crippen LogP contribution in [0.4, 0.5) is 5.69 Å². The lowest BCUT2D eigenvalue weighted by Crippen LogP contribution is -2.33. The van der Waals surface area contributed by atoms with Crippen molar-refractivity contribution in [2.24, 2.45) is 5.92 Å². The molecule has 0 bridgehead atoms. The molecule has 1 atom stereocenters. The zero-order valence-corrected chi connectivity index (χ0v) is 16.4.